The number of hydrogen-bond donors (Lipinski definition) is 1. The zero-order chi connectivity index (χ0) is 13.8. The maximum Gasteiger partial charge on any atom is 0.0537 e. The van der Waals surface area contributed by atoms with Crippen LogP contribution in [0.2, 0.25) is 5.02 Å². The molecule has 0 amide bonds. The van der Waals surface area contributed by atoms with E-state index in [4.69, 9.17) is 11.6 Å². The summed E-state index contributed by atoms with van der Waals surface area (Å²) >= 11 is 5.89. The molecule has 3 nitrogen and oxygen atoms in total. The summed E-state index contributed by atoms with van der Waals surface area (Å²) in [6.07, 6.45) is 4.95. The number of nitrogens with one attached hydrogen (secondary N) is 1. The Kier molecular flexibility index (Phi) is 4.61. The lowest BCUT2D eigenvalue weighted by molar-refractivity contribution is 0.477. The number of aryl methyl sites for hydroxylation is 1. The topological polar surface area (TPSA) is 29.9 Å². The van der Waals surface area contributed by atoms with Gasteiger partial charge in [0.2, 0.25) is 0 Å². The van der Waals surface area contributed by atoms with E-state index in [-0.39, 0.29) is 0 Å². The predicted octanol–water partition coefficient (Wildman–Crippen LogP) is 3.36. The Morgan fingerprint density at radius 1 is 1.26 bits per heavy atom. The Hall–Kier alpha value is -1.32. The zero-order valence-electron chi connectivity index (χ0n) is 11.6. The molecule has 4 heteroatoms. The molecule has 0 bridgehead atoms. The van der Waals surface area contributed by atoms with Crippen LogP contribution in [0.15, 0.2) is 36.7 Å². The highest BCUT2D eigenvalue weighted by atomic mass is 35.5. The van der Waals surface area contributed by atoms with E-state index in [2.05, 4.69) is 36.4 Å². The Balaban J connectivity index is 1.90. The van der Waals surface area contributed by atoms with Crippen molar-refractivity contribution in [1.29, 1.82) is 0 Å². The number of benzene rings is 1. The molecular weight excluding hydrogens is 258 g/mol. The van der Waals surface area contributed by atoms with Gasteiger partial charge in [-0.2, -0.15) is 5.10 Å². The second kappa shape index (κ2) is 6.22. The smallest absolute Gasteiger partial charge is 0.0537 e. The lowest BCUT2D eigenvalue weighted by Gasteiger charge is -2.19. The van der Waals surface area contributed by atoms with Crippen molar-refractivity contribution in [3.05, 3.63) is 52.8 Å². The molecular formula is C15H20ClN3. The molecule has 1 aromatic heterocycles. The highest BCUT2D eigenvalue weighted by Crippen LogP contribution is 2.14. The second-order valence-electron chi connectivity index (χ2n) is 5.07. The summed E-state index contributed by atoms with van der Waals surface area (Å²) in [5.41, 5.74) is 2.51. The first-order valence-corrected chi connectivity index (χ1v) is 6.91. The van der Waals surface area contributed by atoms with Crippen molar-refractivity contribution < 1.29 is 0 Å². The van der Waals surface area contributed by atoms with Crippen molar-refractivity contribution in [1.82, 2.24) is 15.1 Å². The number of nitrogens with zero attached hydrogens (tertiary/aromatic N) is 2. The zero-order valence-corrected chi connectivity index (χ0v) is 12.4. The number of hydrogen-bond acceptors (Lipinski definition) is 2. The average molecular weight is 278 g/mol. The van der Waals surface area contributed by atoms with Gasteiger partial charge in [-0.1, -0.05) is 23.7 Å². The Bertz CT molecular complexity index is 518. The summed E-state index contributed by atoms with van der Waals surface area (Å²) < 4.78 is 1.83. The van der Waals surface area contributed by atoms with Gasteiger partial charge in [0.1, 0.15) is 0 Å². The summed E-state index contributed by atoms with van der Waals surface area (Å²) in [6, 6.07) is 8.74. The summed E-state index contributed by atoms with van der Waals surface area (Å²) in [4.78, 5) is 0. The molecule has 2 aromatic rings. The van der Waals surface area contributed by atoms with Gasteiger partial charge in [0.25, 0.3) is 0 Å². The third kappa shape index (κ3) is 4.08. The first kappa shape index (κ1) is 14.1. The van der Waals surface area contributed by atoms with E-state index < -0.39 is 0 Å². The average Bonchev–Trinajstić information content (AvgIpc) is 2.79. The number of rotatable bonds is 5. The number of aromatic nitrogens is 2. The molecule has 19 heavy (non-hydrogen) atoms. The van der Waals surface area contributed by atoms with Gasteiger partial charge in [-0.05, 0) is 38.0 Å². The molecule has 0 aliphatic rings. The number of halogens is 1. The van der Waals surface area contributed by atoms with Gasteiger partial charge in [0.05, 0.1) is 6.20 Å². The molecule has 0 saturated carbocycles. The van der Waals surface area contributed by atoms with Crippen molar-refractivity contribution in [2.75, 3.05) is 0 Å². The van der Waals surface area contributed by atoms with Crippen LogP contribution in [-0.4, -0.2) is 15.8 Å². The van der Waals surface area contributed by atoms with E-state index in [0.29, 0.717) is 12.1 Å². The highest BCUT2D eigenvalue weighted by Gasteiger charge is 2.11. The van der Waals surface area contributed by atoms with Crippen LogP contribution in [-0.2, 0) is 13.5 Å². The SMILES string of the molecule is CC(Cc1ccc(Cl)cc1)NC(C)c1cnn(C)c1. The molecule has 0 saturated heterocycles. The van der Waals surface area contributed by atoms with Crippen LogP contribution in [0, 0.1) is 0 Å². The standard InChI is InChI=1S/C15H20ClN3/c1-11(8-13-4-6-15(16)7-5-13)18-12(2)14-9-17-19(3)10-14/h4-7,9-12,18H,8H2,1-3H3. The first-order chi connectivity index (χ1) is 9.04. The minimum absolute atomic E-state index is 0.302. The van der Waals surface area contributed by atoms with Crippen LogP contribution < -0.4 is 5.32 Å². The normalized spacial score (nSPS) is 14.3. The van der Waals surface area contributed by atoms with E-state index in [0.717, 1.165) is 11.4 Å². The minimum Gasteiger partial charge on any atom is -0.307 e. The van der Waals surface area contributed by atoms with Crippen molar-refractivity contribution in [2.24, 2.45) is 7.05 Å². The summed E-state index contributed by atoms with van der Waals surface area (Å²) in [5, 5.41) is 8.57. The third-order valence-corrected chi connectivity index (χ3v) is 3.47. The van der Waals surface area contributed by atoms with Crippen LogP contribution in [0.5, 0.6) is 0 Å². The van der Waals surface area contributed by atoms with E-state index in [1.807, 2.05) is 36.3 Å². The molecule has 0 spiro atoms. The van der Waals surface area contributed by atoms with Gasteiger partial charge in [-0.15, -0.1) is 0 Å². The van der Waals surface area contributed by atoms with Crippen LogP contribution in [0.25, 0.3) is 0 Å². The first-order valence-electron chi connectivity index (χ1n) is 6.53. The summed E-state index contributed by atoms with van der Waals surface area (Å²) in [6.45, 7) is 4.36. The lowest BCUT2D eigenvalue weighted by Crippen LogP contribution is -2.30. The molecule has 0 fully saturated rings. The van der Waals surface area contributed by atoms with Crippen LogP contribution in [0.3, 0.4) is 0 Å². The molecule has 2 atom stereocenters. The van der Waals surface area contributed by atoms with E-state index >= 15 is 0 Å². The van der Waals surface area contributed by atoms with Gasteiger partial charge >= 0.3 is 0 Å². The summed E-state index contributed by atoms with van der Waals surface area (Å²) in [5.74, 6) is 0. The highest BCUT2D eigenvalue weighted by molar-refractivity contribution is 6.30. The van der Waals surface area contributed by atoms with Crippen molar-refractivity contribution in [2.45, 2.75) is 32.4 Å². The Morgan fingerprint density at radius 3 is 2.53 bits per heavy atom. The maximum atomic E-state index is 5.89. The van der Waals surface area contributed by atoms with Crippen molar-refractivity contribution in [3.63, 3.8) is 0 Å². The molecule has 0 aliphatic carbocycles. The predicted molar refractivity (Wildman–Crippen MR) is 79.4 cm³/mol. The fraction of sp³-hybridized carbons (Fsp3) is 0.400. The molecule has 1 N–H and O–H groups in total. The van der Waals surface area contributed by atoms with Gasteiger partial charge in [-0.25, -0.2) is 0 Å². The van der Waals surface area contributed by atoms with Crippen molar-refractivity contribution in [3.8, 4) is 0 Å². The van der Waals surface area contributed by atoms with Crippen LogP contribution in [0.1, 0.15) is 31.0 Å². The lowest BCUT2D eigenvalue weighted by atomic mass is 10.1. The molecule has 2 unspecified atom stereocenters. The summed E-state index contributed by atoms with van der Waals surface area (Å²) in [7, 11) is 1.94. The van der Waals surface area contributed by atoms with Gasteiger partial charge in [0, 0.05) is 35.9 Å². The van der Waals surface area contributed by atoms with E-state index in [1.165, 1.54) is 11.1 Å². The largest absolute Gasteiger partial charge is 0.307 e. The Labute approximate surface area is 119 Å². The van der Waals surface area contributed by atoms with Crippen LogP contribution in [0.4, 0.5) is 0 Å². The quantitative estimate of drug-likeness (QED) is 0.908. The van der Waals surface area contributed by atoms with Crippen LogP contribution >= 0.6 is 11.6 Å². The second-order valence-corrected chi connectivity index (χ2v) is 5.50. The van der Waals surface area contributed by atoms with Gasteiger partial charge in [0.15, 0.2) is 0 Å². The molecule has 0 radical (unpaired) electrons. The van der Waals surface area contributed by atoms with E-state index in [9.17, 15) is 0 Å². The molecule has 0 aliphatic heterocycles. The fourth-order valence-electron chi connectivity index (χ4n) is 2.22. The molecule has 1 heterocycles. The monoisotopic (exact) mass is 277 g/mol. The van der Waals surface area contributed by atoms with E-state index in [1.54, 1.807) is 0 Å². The third-order valence-electron chi connectivity index (χ3n) is 3.21. The van der Waals surface area contributed by atoms with Crippen molar-refractivity contribution >= 4 is 11.6 Å². The van der Waals surface area contributed by atoms with Gasteiger partial charge in [-0.3, -0.25) is 4.68 Å². The fourth-order valence-corrected chi connectivity index (χ4v) is 2.35. The molecule has 2 rings (SSSR count). The van der Waals surface area contributed by atoms with Gasteiger partial charge < -0.3 is 5.32 Å². The Morgan fingerprint density at radius 2 is 1.95 bits per heavy atom. The molecule has 1 aromatic carbocycles. The maximum absolute atomic E-state index is 5.89. The molecule has 102 valence electrons. The minimum atomic E-state index is 0.302.